The van der Waals surface area contributed by atoms with Crippen molar-refractivity contribution in [3.05, 3.63) is 218 Å². The van der Waals surface area contributed by atoms with Crippen LogP contribution in [0.5, 0.6) is 0 Å². The number of fused-ring (bicyclic) bond motifs is 4. The number of anilines is 3. The van der Waals surface area contributed by atoms with Crippen molar-refractivity contribution in [1.82, 2.24) is 4.57 Å². The van der Waals surface area contributed by atoms with E-state index < -0.39 is 0 Å². The highest BCUT2D eigenvalue weighted by molar-refractivity contribution is 6.18. The summed E-state index contributed by atoms with van der Waals surface area (Å²) in [5, 5.41) is 4.81. The lowest BCUT2D eigenvalue weighted by atomic mass is 9.98. The minimum Gasteiger partial charge on any atom is -0.309 e. The molecule has 10 rings (SSSR count). The Morgan fingerprint density at radius 2 is 0.852 bits per heavy atom. The number of benzene rings is 9. The van der Waals surface area contributed by atoms with Crippen LogP contribution in [0.25, 0.3) is 71.6 Å². The number of hydrogen-bond acceptors (Lipinski definition) is 1. The molecule has 0 amide bonds. The Morgan fingerprint density at radius 1 is 0.315 bits per heavy atom. The van der Waals surface area contributed by atoms with E-state index in [1.165, 1.54) is 54.9 Å². The average molecular weight is 689 g/mol. The third-order valence-electron chi connectivity index (χ3n) is 10.6. The molecule has 0 saturated carbocycles. The van der Waals surface area contributed by atoms with Gasteiger partial charge < -0.3 is 9.47 Å². The second-order valence-corrected chi connectivity index (χ2v) is 13.7. The quantitative estimate of drug-likeness (QED) is 0.162. The van der Waals surface area contributed by atoms with Crippen molar-refractivity contribution < 1.29 is 0 Å². The summed E-state index contributed by atoms with van der Waals surface area (Å²) in [7, 11) is 0. The molecule has 9 aromatic carbocycles. The second kappa shape index (κ2) is 13.4. The van der Waals surface area contributed by atoms with E-state index in [0.717, 1.165) is 33.8 Å². The molecule has 0 unspecified atom stereocenters. The topological polar surface area (TPSA) is 8.17 Å². The lowest BCUT2D eigenvalue weighted by Gasteiger charge is -2.30. The minimum atomic E-state index is 1.13. The van der Waals surface area contributed by atoms with Crippen LogP contribution >= 0.6 is 0 Å². The zero-order chi connectivity index (χ0) is 35.8. The van der Waals surface area contributed by atoms with Gasteiger partial charge in [-0.25, -0.2) is 0 Å². The Morgan fingerprint density at radius 3 is 1.63 bits per heavy atom. The van der Waals surface area contributed by atoms with Crippen LogP contribution in [0.4, 0.5) is 17.1 Å². The Balaban J connectivity index is 1.31. The first kappa shape index (κ1) is 31.6. The van der Waals surface area contributed by atoms with E-state index in [4.69, 9.17) is 0 Å². The summed E-state index contributed by atoms with van der Waals surface area (Å²) in [6.07, 6.45) is 0. The Bertz CT molecular complexity index is 2920. The summed E-state index contributed by atoms with van der Waals surface area (Å²) in [5.41, 5.74) is 13.9. The second-order valence-electron chi connectivity index (χ2n) is 13.7. The van der Waals surface area contributed by atoms with Crippen LogP contribution in [-0.2, 0) is 0 Å². The summed E-state index contributed by atoms with van der Waals surface area (Å²) in [4.78, 5) is 2.49. The summed E-state index contributed by atoms with van der Waals surface area (Å²) in [5.74, 6) is 0. The molecule has 1 heterocycles. The van der Waals surface area contributed by atoms with Crippen molar-refractivity contribution in [1.29, 1.82) is 0 Å². The van der Waals surface area contributed by atoms with Gasteiger partial charge in [0.05, 0.1) is 33.8 Å². The zero-order valence-electron chi connectivity index (χ0n) is 29.7. The van der Waals surface area contributed by atoms with E-state index in [9.17, 15) is 0 Å². The monoisotopic (exact) mass is 688 g/mol. The maximum Gasteiger partial charge on any atom is 0.0562 e. The van der Waals surface area contributed by atoms with Crippen LogP contribution in [0.3, 0.4) is 0 Å². The third kappa shape index (κ3) is 5.36. The molecular formula is C52H36N2. The summed E-state index contributed by atoms with van der Waals surface area (Å²) in [6.45, 7) is 0. The molecule has 54 heavy (non-hydrogen) atoms. The Labute approximate surface area is 315 Å². The van der Waals surface area contributed by atoms with Crippen molar-refractivity contribution in [2.75, 3.05) is 4.90 Å². The molecule has 0 atom stereocenters. The number of aromatic nitrogens is 1. The van der Waals surface area contributed by atoms with Gasteiger partial charge >= 0.3 is 0 Å². The van der Waals surface area contributed by atoms with E-state index in [1.807, 2.05) is 0 Å². The van der Waals surface area contributed by atoms with Gasteiger partial charge in [-0.2, -0.15) is 0 Å². The Kier molecular flexibility index (Phi) is 7.85. The van der Waals surface area contributed by atoms with Crippen molar-refractivity contribution in [3.63, 3.8) is 0 Å². The van der Waals surface area contributed by atoms with Gasteiger partial charge in [-0.3, -0.25) is 0 Å². The van der Waals surface area contributed by atoms with Gasteiger partial charge in [-0.1, -0.05) is 182 Å². The predicted octanol–water partition coefficient (Wildman–Crippen LogP) is 14.4. The molecule has 0 radical (unpaired) electrons. The van der Waals surface area contributed by atoms with Gasteiger partial charge in [0.2, 0.25) is 0 Å². The first-order chi connectivity index (χ1) is 26.8. The van der Waals surface area contributed by atoms with E-state index >= 15 is 0 Å². The number of rotatable bonds is 7. The summed E-state index contributed by atoms with van der Waals surface area (Å²) in [6, 6.07) is 78.9. The van der Waals surface area contributed by atoms with Gasteiger partial charge in [0.25, 0.3) is 0 Å². The highest BCUT2D eigenvalue weighted by Crippen LogP contribution is 2.48. The molecule has 0 aliphatic carbocycles. The van der Waals surface area contributed by atoms with Gasteiger partial charge in [0, 0.05) is 27.3 Å². The molecule has 1 aromatic heterocycles. The molecule has 0 bridgehead atoms. The van der Waals surface area contributed by atoms with Crippen LogP contribution in [-0.4, -0.2) is 4.57 Å². The van der Waals surface area contributed by atoms with E-state index in [0.29, 0.717) is 0 Å². The van der Waals surface area contributed by atoms with Crippen LogP contribution in [0.1, 0.15) is 0 Å². The standard InChI is InChI=1S/C52H36N2/c1-4-18-37(19-5-1)41-34-35-44(39-22-8-3-9-23-39)51(36-41)54-48-30-15-13-28-45(48)52-49(32-17-33-50(52)54)53(47-31-16-25-40-24-10-11-26-43(40)47)46-29-14-12-27-42(46)38-20-6-2-7-21-38/h1-36H. The maximum atomic E-state index is 2.49. The average Bonchev–Trinajstić information content (AvgIpc) is 3.60. The molecule has 0 spiro atoms. The summed E-state index contributed by atoms with van der Waals surface area (Å²) >= 11 is 0. The van der Waals surface area contributed by atoms with Crippen molar-refractivity contribution in [2.24, 2.45) is 0 Å². The van der Waals surface area contributed by atoms with Crippen molar-refractivity contribution >= 4 is 49.6 Å². The first-order valence-electron chi connectivity index (χ1n) is 18.5. The molecule has 0 aliphatic heterocycles. The number of para-hydroxylation sites is 2. The maximum absolute atomic E-state index is 2.49. The number of hydrogen-bond donors (Lipinski definition) is 0. The smallest absolute Gasteiger partial charge is 0.0562 e. The van der Waals surface area contributed by atoms with Gasteiger partial charge in [-0.15, -0.1) is 0 Å². The largest absolute Gasteiger partial charge is 0.309 e. The third-order valence-corrected chi connectivity index (χ3v) is 10.6. The molecule has 0 N–H and O–H groups in total. The molecule has 254 valence electrons. The molecule has 2 heteroatoms. The molecule has 2 nitrogen and oxygen atoms in total. The zero-order valence-corrected chi connectivity index (χ0v) is 29.7. The van der Waals surface area contributed by atoms with E-state index in [-0.39, 0.29) is 0 Å². The van der Waals surface area contributed by atoms with Crippen molar-refractivity contribution in [2.45, 2.75) is 0 Å². The molecule has 10 aromatic rings. The van der Waals surface area contributed by atoms with E-state index in [2.05, 4.69) is 228 Å². The highest BCUT2D eigenvalue weighted by atomic mass is 15.2. The fourth-order valence-corrected chi connectivity index (χ4v) is 8.16. The minimum absolute atomic E-state index is 1.13. The van der Waals surface area contributed by atoms with Gasteiger partial charge in [0.15, 0.2) is 0 Å². The molecule has 0 fully saturated rings. The lowest BCUT2D eigenvalue weighted by Crippen LogP contribution is -2.12. The number of nitrogens with zero attached hydrogens (tertiary/aromatic N) is 2. The SMILES string of the molecule is c1ccc(-c2ccc(-c3ccccc3)c(-n3c4ccccc4c4c(N(c5ccccc5-c5ccccc5)c5cccc6ccccc56)cccc43)c2)cc1. The van der Waals surface area contributed by atoms with Crippen LogP contribution < -0.4 is 4.90 Å². The molecule has 0 aliphatic rings. The lowest BCUT2D eigenvalue weighted by molar-refractivity contribution is 1.18. The van der Waals surface area contributed by atoms with Gasteiger partial charge in [0.1, 0.15) is 0 Å². The fourth-order valence-electron chi connectivity index (χ4n) is 8.16. The van der Waals surface area contributed by atoms with Gasteiger partial charge in [-0.05, 0) is 64.0 Å². The summed E-state index contributed by atoms with van der Waals surface area (Å²) < 4.78 is 2.48. The normalized spacial score (nSPS) is 11.3. The predicted molar refractivity (Wildman–Crippen MR) is 229 cm³/mol. The first-order valence-corrected chi connectivity index (χ1v) is 18.5. The Hall–Kier alpha value is -7.16. The van der Waals surface area contributed by atoms with Crippen LogP contribution in [0, 0.1) is 0 Å². The molecular weight excluding hydrogens is 653 g/mol. The molecule has 0 saturated heterocycles. The van der Waals surface area contributed by atoms with E-state index in [1.54, 1.807) is 0 Å². The van der Waals surface area contributed by atoms with Crippen LogP contribution in [0.15, 0.2) is 218 Å². The van der Waals surface area contributed by atoms with Crippen LogP contribution in [0.2, 0.25) is 0 Å². The van der Waals surface area contributed by atoms with Crippen molar-refractivity contribution in [3.8, 4) is 39.1 Å². The highest BCUT2D eigenvalue weighted by Gasteiger charge is 2.25. The fraction of sp³-hybridized carbons (Fsp3) is 0.